The van der Waals surface area contributed by atoms with Crippen LogP contribution < -0.4 is 19.5 Å². The van der Waals surface area contributed by atoms with E-state index in [0.717, 1.165) is 23.6 Å². The van der Waals surface area contributed by atoms with Gasteiger partial charge in [-0.15, -0.1) is 0 Å². The Hall–Kier alpha value is -2.94. The average Bonchev–Trinajstić information content (AvgIpc) is 3.20. The molecule has 29 heavy (non-hydrogen) atoms. The lowest BCUT2D eigenvalue weighted by Crippen LogP contribution is -2.47. The minimum absolute atomic E-state index is 0.0355. The summed E-state index contributed by atoms with van der Waals surface area (Å²) in [5.41, 5.74) is 2.01. The van der Waals surface area contributed by atoms with Crippen LogP contribution >= 0.6 is 0 Å². The molecule has 2 heterocycles. The minimum atomic E-state index is -0.0355. The number of benzene rings is 1. The number of nitrogens with one attached hydrogen (secondary N) is 1. The maximum Gasteiger partial charge on any atom is 0.203 e. The second-order valence-corrected chi connectivity index (χ2v) is 6.65. The van der Waals surface area contributed by atoms with Crippen LogP contribution in [-0.4, -0.2) is 68.7 Å². The van der Waals surface area contributed by atoms with E-state index in [1.165, 1.54) is 0 Å². The van der Waals surface area contributed by atoms with Gasteiger partial charge in [-0.05, 0) is 12.1 Å². The number of hydrogen-bond donors (Lipinski definition) is 1. The molecular formula is C20H29N5O4. The Morgan fingerprint density at radius 1 is 1.24 bits per heavy atom. The fraction of sp³-hybridized carbons (Fsp3) is 0.500. The minimum Gasteiger partial charge on any atom is -0.493 e. The zero-order valence-corrected chi connectivity index (χ0v) is 17.6. The van der Waals surface area contributed by atoms with Crippen molar-refractivity contribution in [2.24, 2.45) is 12.0 Å². The molecule has 1 aliphatic heterocycles. The normalized spacial score (nSPS) is 17.2. The summed E-state index contributed by atoms with van der Waals surface area (Å²) < 4.78 is 24.1. The Bertz CT molecular complexity index is 851. The standard InChI is InChI=1S/C20H29N5O4/c1-21-20(25-8-9-29-17(13-25)15-11-23-24(2)12-15)22-10-14-6-7-16(26-3)19(28-5)18(14)27-4/h6-7,11-12,17H,8-10,13H2,1-5H3,(H,21,22). The van der Waals surface area contributed by atoms with Gasteiger partial charge in [0, 0.05) is 44.5 Å². The van der Waals surface area contributed by atoms with Crippen molar-refractivity contribution < 1.29 is 18.9 Å². The van der Waals surface area contributed by atoms with Crippen molar-refractivity contribution in [3.8, 4) is 17.2 Å². The van der Waals surface area contributed by atoms with Crippen molar-refractivity contribution in [2.45, 2.75) is 12.6 Å². The highest BCUT2D eigenvalue weighted by atomic mass is 16.5. The summed E-state index contributed by atoms with van der Waals surface area (Å²) >= 11 is 0. The van der Waals surface area contributed by atoms with Gasteiger partial charge >= 0.3 is 0 Å². The lowest BCUT2D eigenvalue weighted by atomic mass is 10.1. The Kier molecular flexibility index (Phi) is 6.82. The van der Waals surface area contributed by atoms with Crippen LogP contribution in [0.3, 0.4) is 0 Å². The van der Waals surface area contributed by atoms with Gasteiger partial charge in [-0.3, -0.25) is 9.67 Å². The zero-order valence-electron chi connectivity index (χ0n) is 17.6. The number of rotatable bonds is 6. The Morgan fingerprint density at radius 3 is 2.66 bits per heavy atom. The predicted molar refractivity (Wildman–Crippen MR) is 110 cm³/mol. The molecule has 0 bridgehead atoms. The smallest absolute Gasteiger partial charge is 0.203 e. The van der Waals surface area contributed by atoms with Crippen molar-refractivity contribution in [1.29, 1.82) is 0 Å². The number of aryl methyl sites for hydroxylation is 1. The largest absolute Gasteiger partial charge is 0.493 e. The average molecular weight is 403 g/mol. The van der Waals surface area contributed by atoms with Crippen molar-refractivity contribution in [2.75, 3.05) is 48.1 Å². The van der Waals surface area contributed by atoms with Gasteiger partial charge in [-0.1, -0.05) is 0 Å². The first-order valence-electron chi connectivity index (χ1n) is 9.44. The first-order valence-corrected chi connectivity index (χ1v) is 9.44. The SMILES string of the molecule is CN=C(NCc1ccc(OC)c(OC)c1OC)N1CCOC(c2cnn(C)c2)C1. The first-order chi connectivity index (χ1) is 14.1. The second kappa shape index (κ2) is 9.51. The molecule has 1 aliphatic rings. The van der Waals surface area contributed by atoms with Crippen LogP contribution in [0.15, 0.2) is 29.5 Å². The number of morpholine rings is 1. The highest BCUT2D eigenvalue weighted by Crippen LogP contribution is 2.39. The Morgan fingerprint density at radius 2 is 2.03 bits per heavy atom. The maximum absolute atomic E-state index is 5.93. The Balaban J connectivity index is 1.71. The number of nitrogens with zero attached hydrogens (tertiary/aromatic N) is 4. The molecule has 1 N–H and O–H groups in total. The summed E-state index contributed by atoms with van der Waals surface area (Å²) in [7, 11) is 8.51. The maximum atomic E-state index is 5.93. The summed E-state index contributed by atoms with van der Waals surface area (Å²) in [6, 6.07) is 3.83. The highest BCUT2D eigenvalue weighted by molar-refractivity contribution is 5.80. The fourth-order valence-corrected chi connectivity index (χ4v) is 3.46. The molecule has 0 radical (unpaired) electrons. The molecule has 1 aromatic heterocycles. The fourth-order valence-electron chi connectivity index (χ4n) is 3.46. The topological polar surface area (TPSA) is 82.4 Å². The van der Waals surface area contributed by atoms with Crippen molar-refractivity contribution in [1.82, 2.24) is 20.0 Å². The van der Waals surface area contributed by atoms with E-state index in [9.17, 15) is 0 Å². The van der Waals surface area contributed by atoms with E-state index in [2.05, 4.69) is 20.3 Å². The van der Waals surface area contributed by atoms with Gasteiger partial charge in [0.1, 0.15) is 6.10 Å². The van der Waals surface area contributed by atoms with Crippen LogP contribution in [0.25, 0.3) is 0 Å². The van der Waals surface area contributed by atoms with Gasteiger partial charge in [0.25, 0.3) is 0 Å². The first kappa shape index (κ1) is 20.8. The van der Waals surface area contributed by atoms with Crippen molar-refractivity contribution >= 4 is 5.96 Å². The van der Waals surface area contributed by atoms with E-state index in [1.54, 1.807) is 33.1 Å². The number of ether oxygens (including phenoxy) is 4. The van der Waals surface area contributed by atoms with Gasteiger partial charge in [0.2, 0.25) is 5.75 Å². The molecule has 0 aliphatic carbocycles. The zero-order chi connectivity index (χ0) is 20.8. The Labute approximate surface area is 171 Å². The van der Waals surface area contributed by atoms with Gasteiger partial charge in [0.05, 0.1) is 40.7 Å². The summed E-state index contributed by atoms with van der Waals surface area (Å²) in [4.78, 5) is 6.64. The lowest BCUT2D eigenvalue weighted by molar-refractivity contribution is -0.00805. The molecular weight excluding hydrogens is 374 g/mol. The van der Waals surface area contributed by atoms with Gasteiger partial charge in [0.15, 0.2) is 17.5 Å². The molecule has 2 aromatic rings. The molecule has 0 amide bonds. The van der Waals surface area contributed by atoms with E-state index in [4.69, 9.17) is 18.9 Å². The molecule has 0 spiro atoms. The van der Waals surface area contributed by atoms with E-state index in [1.807, 2.05) is 31.6 Å². The number of hydrogen-bond acceptors (Lipinski definition) is 6. The molecule has 1 unspecified atom stereocenters. The lowest BCUT2D eigenvalue weighted by Gasteiger charge is -2.34. The number of aromatic nitrogens is 2. The molecule has 1 saturated heterocycles. The van der Waals surface area contributed by atoms with E-state index in [0.29, 0.717) is 36.9 Å². The van der Waals surface area contributed by atoms with Crippen LogP contribution in [0.4, 0.5) is 0 Å². The third kappa shape index (κ3) is 4.56. The molecule has 1 aromatic carbocycles. The van der Waals surface area contributed by atoms with Crippen molar-refractivity contribution in [3.05, 3.63) is 35.7 Å². The monoisotopic (exact) mass is 403 g/mol. The van der Waals surface area contributed by atoms with Crippen LogP contribution in [-0.2, 0) is 18.3 Å². The highest BCUT2D eigenvalue weighted by Gasteiger charge is 2.25. The summed E-state index contributed by atoms with van der Waals surface area (Å²) in [6.45, 7) is 2.62. The second-order valence-electron chi connectivity index (χ2n) is 6.65. The molecule has 3 rings (SSSR count). The van der Waals surface area contributed by atoms with Gasteiger partial charge in [-0.2, -0.15) is 5.10 Å². The molecule has 1 fully saturated rings. The quantitative estimate of drug-likeness (QED) is 0.579. The van der Waals surface area contributed by atoms with E-state index in [-0.39, 0.29) is 6.10 Å². The molecule has 158 valence electrons. The van der Waals surface area contributed by atoms with E-state index < -0.39 is 0 Å². The van der Waals surface area contributed by atoms with Crippen LogP contribution in [0, 0.1) is 0 Å². The number of aliphatic imine (C=N–C) groups is 1. The third-order valence-corrected chi connectivity index (χ3v) is 4.90. The van der Waals surface area contributed by atoms with Crippen LogP contribution in [0.2, 0.25) is 0 Å². The molecule has 9 heteroatoms. The van der Waals surface area contributed by atoms with Crippen LogP contribution in [0.1, 0.15) is 17.2 Å². The molecule has 0 saturated carbocycles. The summed E-state index contributed by atoms with van der Waals surface area (Å²) in [5.74, 6) is 2.65. The summed E-state index contributed by atoms with van der Waals surface area (Å²) in [6.07, 6.45) is 3.80. The molecule has 1 atom stereocenters. The predicted octanol–water partition coefficient (Wildman–Crippen LogP) is 1.59. The third-order valence-electron chi connectivity index (χ3n) is 4.90. The summed E-state index contributed by atoms with van der Waals surface area (Å²) in [5, 5.41) is 7.66. The van der Waals surface area contributed by atoms with Crippen molar-refractivity contribution in [3.63, 3.8) is 0 Å². The van der Waals surface area contributed by atoms with Gasteiger partial charge < -0.3 is 29.2 Å². The molecule has 9 nitrogen and oxygen atoms in total. The van der Waals surface area contributed by atoms with Gasteiger partial charge in [-0.25, -0.2) is 0 Å². The number of guanidine groups is 1. The van der Waals surface area contributed by atoms with Crippen LogP contribution in [0.5, 0.6) is 17.2 Å². The number of methoxy groups -OCH3 is 3. The van der Waals surface area contributed by atoms with E-state index >= 15 is 0 Å².